The molecule has 1 aliphatic heterocycles. The molecule has 0 aromatic carbocycles. The molecular weight excluding hydrogens is 226 g/mol. The van der Waals surface area contributed by atoms with Crippen molar-refractivity contribution < 1.29 is 4.79 Å². The second kappa shape index (κ2) is 6.53. The summed E-state index contributed by atoms with van der Waals surface area (Å²) in [6.07, 6.45) is 4.99. The molecule has 2 rings (SSSR count). The van der Waals surface area contributed by atoms with Crippen LogP contribution in [-0.2, 0) is 4.79 Å². The highest BCUT2D eigenvalue weighted by atomic mass is 16.2. The Hall–Kier alpha value is -0.610. The van der Waals surface area contributed by atoms with Crippen molar-refractivity contribution in [3.05, 3.63) is 0 Å². The van der Waals surface area contributed by atoms with Gasteiger partial charge in [-0.2, -0.15) is 0 Å². The van der Waals surface area contributed by atoms with Crippen LogP contribution < -0.4 is 10.6 Å². The predicted molar refractivity (Wildman–Crippen MR) is 73.5 cm³/mol. The van der Waals surface area contributed by atoms with E-state index in [0.717, 1.165) is 32.6 Å². The van der Waals surface area contributed by atoms with E-state index in [1.165, 1.54) is 19.3 Å². The van der Waals surface area contributed by atoms with Crippen molar-refractivity contribution in [3.8, 4) is 0 Å². The summed E-state index contributed by atoms with van der Waals surface area (Å²) >= 11 is 0. The van der Waals surface area contributed by atoms with Gasteiger partial charge in [0.1, 0.15) is 0 Å². The van der Waals surface area contributed by atoms with Gasteiger partial charge in [0, 0.05) is 32.2 Å². The first-order chi connectivity index (χ1) is 8.68. The van der Waals surface area contributed by atoms with Gasteiger partial charge in [0.2, 0.25) is 5.91 Å². The monoisotopic (exact) mass is 253 g/mol. The Bertz CT molecular complexity index is 276. The van der Waals surface area contributed by atoms with Gasteiger partial charge in [-0.05, 0) is 25.7 Å². The second-order valence-corrected chi connectivity index (χ2v) is 5.84. The van der Waals surface area contributed by atoms with Gasteiger partial charge in [-0.3, -0.25) is 9.69 Å². The number of hydrogen-bond acceptors (Lipinski definition) is 3. The number of carbonyl (C=O) groups is 1. The Kier molecular flexibility index (Phi) is 5.01. The van der Waals surface area contributed by atoms with Crippen LogP contribution in [0, 0.1) is 5.92 Å². The minimum Gasteiger partial charge on any atom is -0.352 e. The lowest BCUT2D eigenvalue weighted by Crippen LogP contribution is -2.55. The predicted octanol–water partition coefficient (Wildman–Crippen LogP) is 0.975. The summed E-state index contributed by atoms with van der Waals surface area (Å²) in [6, 6.07) is 0.415. The van der Waals surface area contributed by atoms with Crippen molar-refractivity contribution in [1.82, 2.24) is 15.5 Å². The van der Waals surface area contributed by atoms with Gasteiger partial charge >= 0.3 is 0 Å². The van der Waals surface area contributed by atoms with Crippen molar-refractivity contribution in [2.75, 3.05) is 26.2 Å². The molecule has 0 bridgehead atoms. The fourth-order valence-electron chi connectivity index (χ4n) is 3.07. The summed E-state index contributed by atoms with van der Waals surface area (Å²) in [5.41, 5.74) is 0. The minimum atomic E-state index is 0.0150. The normalized spacial score (nSPS) is 31.9. The number of carbonyl (C=O) groups excluding carboxylic acids is 1. The van der Waals surface area contributed by atoms with Crippen LogP contribution in [0.2, 0.25) is 0 Å². The van der Waals surface area contributed by atoms with Crippen molar-refractivity contribution in [3.63, 3.8) is 0 Å². The Labute approximate surface area is 110 Å². The molecule has 0 aromatic heterocycles. The topological polar surface area (TPSA) is 44.4 Å². The van der Waals surface area contributed by atoms with E-state index >= 15 is 0 Å². The summed E-state index contributed by atoms with van der Waals surface area (Å²) in [5.74, 6) is 0.855. The van der Waals surface area contributed by atoms with Crippen molar-refractivity contribution >= 4 is 5.91 Å². The van der Waals surface area contributed by atoms with E-state index < -0.39 is 0 Å². The molecule has 3 unspecified atom stereocenters. The summed E-state index contributed by atoms with van der Waals surface area (Å²) in [5, 5.41) is 6.59. The lowest BCUT2D eigenvalue weighted by Gasteiger charge is -2.35. The third-order valence-corrected chi connectivity index (χ3v) is 4.52. The van der Waals surface area contributed by atoms with Crippen LogP contribution in [0.15, 0.2) is 0 Å². The van der Waals surface area contributed by atoms with E-state index in [1.54, 1.807) is 0 Å². The number of rotatable bonds is 3. The van der Waals surface area contributed by atoms with Crippen LogP contribution in [0.3, 0.4) is 0 Å². The van der Waals surface area contributed by atoms with Crippen LogP contribution in [-0.4, -0.2) is 49.1 Å². The van der Waals surface area contributed by atoms with E-state index in [1.807, 2.05) is 6.92 Å². The smallest absolute Gasteiger partial charge is 0.237 e. The van der Waals surface area contributed by atoms with E-state index in [9.17, 15) is 4.79 Å². The molecule has 0 spiro atoms. The van der Waals surface area contributed by atoms with E-state index in [2.05, 4.69) is 22.5 Å². The van der Waals surface area contributed by atoms with Gasteiger partial charge in [-0.25, -0.2) is 0 Å². The molecule has 1 saturated carbocycles. The Balaban J connectivity index is 1.82. The molecule has 1 heterocycles. The zero-order chi connectivity index (χ0) is 13.0. The lowest BCUT2D eigenvalue weighted by molar-refractivity contribution is -0.127. The minimum absolute atomic E-state index is 0.0150. The van der Waals surface area contributed by atoms with Gasteiger partial charge in [0.25, 0.3) is 0 Å². The maximum atomic E-state index is 12.3. The average molecular weight is 253 g/mol. The van der Waals surface area contributed by atoms with Gasteiger partial charge in [-0.15, -0.1) is 0 Å². The van der Waals surface area contributed by atoms with E-state index in [4.69, 9.17) is 0 Å². The second-order valence-electron chi connectivity index (χ2n) is 5.84. The fraction of sp³-hybridized carbons (Fsp3) is 0.929. The van der Waals surface area contributed by atoms with E-state index in [0.29, 0.717) is 12.0 Å². The van der Waals surface area contributed by atoms with Crippen molar-refractivity contribution in [2.45, 2.75) is 51.6 Å². The SMILES string of the molecule is CC1CCCCC1NC(=O)C(C)N1CCNCC1. The molecule has 2 N–H and O–H groups in total. The van der Waals surface area contributed by atoms with Crippen LogP contribution in [0.4, 0.5) is 0 Å². The molecule has 1 amide bonds. The summed E-state index contributed by atoms with van der Waals surface area (Å²) < 4.78 is 0. The van der Waals surface area contributed by atoms with Gasteiger partial charge < -0.3 is 10.6 Å². The maximum absolute atomic E-state index is 12.3. The quantitative estimate of drug-likeness (QED) is 0.788. The number of nitrogens with zero attached hydrogens (tertiary/aromatic N) is 1. The Morgan fingerprint density at radius 3 is 2.61 bits per heavy atom. The first-order valence-corrected chi connectivity index (χ1v) is 7.43. The summed E-state index contributed by atoms with van der Waals surface area (Å²) in [7, 11) is 0. The molecule has 4 heteroatoms. The molecule has 2 fully saturated rings. The highest BCUT2D eigenvalue weighted by molar-refractivity contribution is 5.81. The zero-order valence-corrected chi connectivity index (χ0v) is 11.7. The van der Waals surface area contributed by atoms with Crippen LogP contribution in [0.1, 0.15) is 39.5 Å². The number of hydrogen-bond donors (Lipinski definition) is 2. The van der Waals surface area contributed by atoms with Crippen LogP contribution >= 0.6 is 0 Å². The Morgan fingerprint density at radius 1 is 1.28 bits per heavy atom. The number of piperazine rings is 1. The Morgan fingerprint density at radius 2 is 1.94 bits per heavy atom. The van der Waals surface area contributed by atoms with Gasteiger partial charge in [-0.1, -0.05) is 19.8 Å². The molecule has 2 aliphatic rings. The molecule has 0 aromatic rings. The highest BCUT2D eigenvalue weighted by Crippen LogP contribution is 2.23. The van der Waals surface area contributed by atoms with Crippen molar-refractivity contribution in [1.29, 1.82) is 0 Å². The van der Waals surface area contributed by atoms with Crippen LogP contribution in [0.5, 0.6) is 0 Å². The molecule has 1 saturated heterocycles. The van der Waals surface area contributed by atoms with E-state index in [-0.39, 0.29) is 11.9 Å². The van der Waals surface area contributed by atoms with Crippen LogP contribution in [0.25, 0.3) is 0 Å². The standard InChI is InChI=1S/C14H27N3O/c1-11-5-3-4-6-13(11)16-14(18)12(2)17-9-7-15-8-10-17/h11-13,15H,3-10H2,1-2H3,(H,16,18). The van der Waals surface area contributed by atoms with Crippen molar-refractivity contribution in [2.24, 2.45) is 5.92 Å². The summed E-state index contributed by atoms with van der Waals surface area (Å²) in [6.45, 7) is 8.26. The zero-order valence-electron chi connectivity index (χ0n) is 11.7. The van der Waals surface area contributed by atoms with Gasteiger partial charge in [0.15, 0.2) is 0 Å². The largest absolute Gasteiger partial charge is 0.352 e. The number of nitrogens with one attached hydrogen (secondary N) is 2. The third kappa shape index (κ3) is 3.45. The average Bonchev–Trinajstić information content (AvgIpc) is 2.41. The maximum Gasteiger partial charge on any atom is 0.237 e. The molecule has 18 heavy (non-hydrogen) atoms. The first kappa shape index (κ1) is 13.8. The van der Waals surface area contributed by atoms with Gasteiger partial charge in [0.05, 0.1) is 6.04 Å². The molecule has 4 nitrogen and oxygen atoms in total. The molecular formula is C14H27N3O. The fourth-order valence-corrected chi connectivity index (χ4v) is 3.07. The third-order valence-electron chi connectivity index (χ3n) is 4.52. The molecule has 3 atom stereocenters. The first-order valence-electron chi connectivity index (χ1n) is 7.43. The molecule has 0 radical (unpaired) electrons. The lowest BCUT2D eigenvalue weighted by atomic mass is 9.86. The molecule has 104 valence electrons. The number of amides is 1. The summed E-state index contributed by atoms with van der Waals surface area (Å²) in [4.78, 5) is 14.6. The molecule has 1 aliphatic carbocycles. The highest BCUT2D eigenvalue weighted by Gasteiger charge is 2.27.